The van der Waals surface area contributed by atoms with Gasteiger partial charge in [0, 0.05) is 29.4 Å². The monoisotopic (exact) mass is 373 g/mol. The zero-order valence-electron chi connectivity index (χ0n) is 15.1. The van der Waals surface area contributed by atoms with Gasteiger partial charge in [0.2, 0.25) is 5.91 Å². The molecule has 1 aromatic carbocycles. The van der Waals surface area contributed by atoms with Crippen molar-refractivity contribution in [2.75, 3.05) is 16.4 Å². The molecule has 0 unspecified atom stereocenters. The standard InChI is InChI=1S/C21H19N5O2/c22-19-17(10-16(12-24-19)13-4-2-1-3-5-13)25-21(28)15-8-9-23-18(11-15)26-20(27)14-6-7-14/h1-5,8-12,14H,6-7H2,(H2,22,24)(H,25,28)(H,23,26,27). The summed E-state index contributed by atoms with van der Waals surface area (Å²) in [7, 11) is 0. The first-order chi connectivity index (χ1) is 13.6. The van der Waals surface area contributed by atoms with Gasteiger partial charge in [0.15, 0.2) is 0 Å². The summed E-state index contributed by atoms with van der Waals surface area (Å²) < 4.78 is 0. The third kappa shape index (κ3) is 3.98. The maximum absolute atomic E-state index is 12.7. The summed E-state index contributed by atoms with van der Waals surface area (Å²) in [6.45, 7) is 0. The molecule has 4 N–H and O–H groups in total. The first-order valence-electron chi connectivity index (χ1n) is 8.99. The van der Waals surface area contributed by atoms with Gasteiger partial charge in [-0.25, -0.2) is 9.97 Å². The van der Waals surface area contributed by atoms with Gasteiger partial charge in [-0.3, -0.25) is 9.59 Å². The number of nitrogens with two attached hydrogens (primary N) is 1. The lowest BCUT2D eigenvalue weighted by Gasteiger charge is -2.11. The number of carbonyl (C=O) groups is 2. The van der Waals surface area contributed by atoms with Crippen LogP contribution in [0.15, 0.2) is 60.9 Å². The molecule has 1 aliphatic rings. The highest BCUT2D eigenvalue weighted by Gasteiger charge is 2.29. The van der Waals surface area contributed by atoms with Crippen molar-refractivity contribution in [2.45, 2.75) is 12.8 Å². The SMILES string of the molecule is Nc1ncc(-c2ccccc2)cc1NC(=O)c1ccnc(NC(=O)C2CC2)c1. The van der Waals surface area contributed by atoms with Gasteiger partial charge >= 0.3 is 0 Å². The minimum Gasteiger partial charge on any atom is -0.382 e. The average Bonchev–Trinajstić information content (AvgIpc) is 3.56. The predicted molar refractivity (Wildman–Crippen MR) is 108 cm³/mol. The fraction of sp³-hybridized carbons (Fsp3) is 0.143. The van der Waals surface area contributed by atoms with Gasteiger partial charge in [-0.1, -0.05) is 30.3 Å². The van der Waals surface area contributed by atoms with E-state index < -0.39 is 0 Å². The number of anilines is 3. The Labute approximate surface area is 162 Å². The highest BCUT2D eigenvalue weighted by atomic mass is 16.2. The molecule has 0 aliphatic heterocycles. The van der Waals surface area contributed by atoms with Gasteiger partial charge in [0.1, 0.15) is 11.6 Å². The van der Waals surface area contributed by atoms with Gasteiger partial charge in [0.25, 0.3) is 5.91 Å². The van der Waals surface area contributed by atoms with Crippen LogP contribution in [0.2, 0.25) is 0 Å². The number of nitrogens with one attached hydrogen (secondary N) is 2. The number of amides is 2. The molecule has 1 saturated carbocycles. The molecule has 0 saturated heterocycles. The van der Waals surface area contributed by atoms with Crippen molar-refractivity contribution in [3.8, 4) is 11.1 Å². The normalized spacial score (nSPS) is 13.0. The van der Waals surface area contributed by atoms with E-state index in [9.17, 15) is 9.59 Å². The number of carbonyl (C=O) groups excluding carboxylic acids is 2. The number of benzene rings is 1. The number of pyridine rings is 2. The van der Waals surface area contributed by atoms with Crippen LogP contribution in [0.25, 0.3) is 11.1 Å². The Morgan fingerprint density at radius 2 is 1.75 bits per heavy atom. The molecule has 0 radical (unpaired) electrons. The van der Waals surface area contributed by atoms with Crippen LogP contribution in [-0.2, 0) is 4.79 Å². The Hall–Kier alpha value is -3.74. The number of nitrogen functional groups attached to an aromatic ring is 1. The van der Waals surface area contributed by atoms with Crippen molar-refractivity contribution in [3.05, 3.63) is 66.5 Å². The van der Waals surface area contributed by atoms with E-state index in [2.05, 4.69) is 20.6 Å². The van der Waals surface area contributed by atoms with Gasteiger partial charge < -0.3 is 16.4 Å². The van der Waals surface area contributed by atoms with Crippen molar-refractivity contribution in [1.82, 2.24) is 9.97 Å². The zero-order chi connectivity index (χ0) is 19.5. The van der Waals surface area contributed by atoms with Crippen LogP contribution in [-0.4, -0.2) is 21.8 Å². The van der Waals surface area contributed by atoms with Gasteiger partial charge in [0.05, 0.1) is 5.69 Å². The van der Waals surface area contributed by atoms with Crippen LogP contribution >= 0.6 is 0 Å². The summed E-state index contributed by atoms with van der Waals surface area (Å²) in [6, 6.07) is 14.6. The molecule has 0 bridgehead atoms. The lowest BCUT2D eigenvalue weighted by molar-refractivity contribution is -0.117. The van der Waals surface area contributed by atoms with Crippen molar-refractivity contribution in [3.63, 3.8) is 0 Å². The Bertz CT molecular complexity index is 1030. The molecule has 2 aromatic heterocycles. The van der Waals surface area contributed by atoms with Crippen LogP contribution in [0, 0.1) is 5.92 Å². The Balaban J connectivity index is 1.52. The quantitative estimate of drug-likeness (QED) is 0.635. The van der Waals surface area contributed by atoms with Crippen LogP contribution in [0.3, 0.4) is 0 Å². The second-order valence-corrected chi connectivity index (χ2v) is 6.67. The largest absolute Gasteiger partial charge is 0.382 e. The van der Waals surface area contributed by atoms with Gasteiger partial charge in [-0.15, -0.1) is 0 Å². The maximum Gasteiger partial charge on any atom is 0.255 e. The summed E-state index contributed by atoms with van der Waals surface area (Å²) in [5.74, 6) is 0.223. The molecular formula is C21H19N5O2. The van der Waals surface area contributed by atoms with E-state index >= 15 is 0 Å². The number of nitrogens with zero attached hydrogens (tertiary/aromatic N) is 2. The van der Waals surface area contributed by atoms with Crippen molar-refractivity contribution >= 4 is 29.1 Å². The molecule has 1 aliphatic carbocycles. The van der Waals surface area contributed by atoms with Crippen molar-refractivity contribution < 1.29 is 9.59 Å². The summed E-state index contributed by atoms with van der Waals surface area (Å²) >= 11 is 0. The minimum absolute atomic E-state index is 0.0610. The van der Waals surface area contributed by atoms with E-state index in [0.29, 0.717) is 17.1 Å². The molecule has 2 amide bonds. The molecule has 140 valence electrons. The van der Waals surface area contributed by atoms with Crippen LogP contribution in [0.4, 0.5) is 17.3 Å². The molecule has 1 fully saturated rings. The Kier molecular flexibility index (Phi) is 4.72. The third-order valence-electron chi connectivity index (χ3n) is 4.50. The summed E-state index contributed by atoms with van der Waals surface area (Å²) in [6.07, 6.45) is 4.95. The van der Waals surface area contributed by atoms with Crippen LogP contribution < -0.4 is 16.4 Å². The molecule has 28 heavy (non-hydrogen) atoms. The number of aromatic nitrogens is 2. The molecule has 7 heteroatoms. The topological polar surface area (TPSA) is 110 Å². The Morgan fingerprint density at radius 1 is 0.964 bits per heavy atom. The fourth-order valence-corrected chi connectivity index (χ4v) is 2.77. The molecule has 0 spiro atoms. The summed E-state index contributed by atoms with van der Waals surface area (Å²) in [4.78, 5) is 32.8. The molecule has 7 nitrogen and oxygen atoms in total. The first kappa shape index (κ1) is 17.7. The average molecular weight is 373 g/mol. The zero-order valence-corrected chi connectivity index (χ0v) is 15.1. The highest BCUT2D eigenvalue weighted by molar-refractivity contribution is 6.06. The van der Waals surface area contributed by atoms with Crippen molar-refractivity contribution in [2.24, 2.45) is 5.92 Å². The van der Waals surface area contributed by atoms with E-state index in [0.717, 1.165) is 24.0 Å². The minimum atomic E-state index is -0.358. The summed E-state index contributed by atoms with van der Waals surface area (Å²) in [5, 5.41) is 5.52. The summed E-state index contributed by atoms with van der Waals surface area (Å²) in [5.41, 5.74) is 8.54. The first-order valence-corrected chi connectivity index (χ1v) is 8.99. The molecular weight excluding hydrogens is 354 g/mol. The van der Waals surface area contributed by atoms with Crippen LogP contribution in [0.5, 0.6) is 0 Å². The van der Waals surface area contributed by atoms with E-state index in [4.69, 9.17) is 5.73 Å². The number of rotatable bonds is 5. The number of hydrogen-bond acceptors (Lipinski definition) is 5. The van der Waals surface area contributed by atoms with E-state index in [1.807, 2.05) is 30.3 Å². The highest BCUT2D eigenvalue weighted by Crippen LogP contribution is 2.30. The number of hydrogen-bond donors (Lipinski definition) is 3. The van der Waals surface area contributed by atoms with E-state index in [1.54, 1.807) is 24.4 Å². The Morgan fingerprint density at radius 3 is 2.50 bits per heavy atom. The molecule has 2 heterocycles. The van der Waals surface area contributed by atoms with Gasteiger partial charge in [-0.2, -0.15) is 0 Å². The fourth-order valence-electron chi connectivity index (χ4n) is 2.77. The molecule has 3 aromatic rings. The van der Waals surface area contributed by atoms with Gasteiger partial charge in [-0.05, 0) is 36.6 Å². The third-order valence-corrected chi connectivity index (χ3v) is 4.50. The lowest BCUT2D eigenvalue weighted by atomic mass is 10.1. The van der Waals surface area contributed by atoms with E-state index in [1.165, 1.54) is 6.20 Å². The molecule has 4 rings (SSSR count). The van der Waals surface area contributed by atoms with E-state index in [-0.39, 0.29) is 23.6 Å². The van der Waals surface area contributed by atoms with Crippen molar-refractivity contribution in [1.29, 1.82) is 0 Å². The lowest BCUT2D eigenvalue weighted by Crippen LogP contribution is -2.17. The maximum atomic E-state index is 12.7. The van der Waals surface area contributed by atoms with Crippen LogP contribution in [0.1, 0.15) is 23.2 Å². The molecule has 0 atom stereocenters. The smallest absolute Gasteiger partial charge is 0.255 e. The predicted octanol–water partition coefficient (Wildman–Crippen LogP) is 3.33. The second kappa shape index (κ2) is 7.48. The second-order valence-electron chi connectivity index (χ2n) is 6.67.